The second kappa shape index (κ2) is 13.4. The van der Waals surface area contributed by atoms with Crippen LogP contribution in [0.4, 0.5) is 0 Å². The van der Waals surface area contributed by atoms with E-state index in [2.05, 4.69) is 5.32 Å². The largest absolute Gasteiger partial charge is 0.461 e. The summed E-state index contributed by atoms with van der Waals surface area (Å²) in [6.07, 6.45) is 3.02. The maximum Gasteiger partial charge on any atom is 0.328 e. The monoisotopic (exact) mass is 457 g/mol. The minimum atomic E-state index is -0.985. The molecule has 0 aromatic heterocycles. The van der Waals surface area contributed by atoms with Crippen molar-refractivity contribution in [2.45, 2.75) is 32.1 Å². The molecule has 0 saturated carbocycles. The molecule has 6 heteroatoms. The predicted octanol–water partition coefficient (Wildman–Crippen LogP) is 4.45. The summed E-state index contributed by atoms with van der Waals surface area (Å²) in [5.74, 6) is -1.52. The molecule has 3 rings (SSSR count). The van der Waals surface area contributed by atoms with Crippen LogP contribution in [0.5, 0.6) is 0 Å². The van der Waals surface area contributed by atoms with Crippen molar-refractivity contribution in [3.8, 4) is 0 Å². The van der Waals surface area contributed by atoms with Crippen LogP contribution in [-0.2, 0) is 37.1 Å². The third-order valence-electron chi connectivity index (χ3n) is 4.93. The van der Waals surface area contributed by atoms with E-state index in [4.69, 9.17) is 9.47 Å². The molecule has 0 aliphatic heterocycles. The van der Waals surface area contributed by atoms with Crippen molar-refractivity contribution in [3.63, 3.8) is 0 Å². The summed E-state index contributed by atoms with van der Waals surface area (Å²) in [5, 5.41) is 2.64. The molecule has 0 bridgehead atoms. The first-order valence-electron chi connectivity index (χ1n) is 11.0. The lowest BCUT2D eigenvalue weighted by molar-refractivity contribution is -0.150. The number of benzene rings is 3. The first-order chi connectivity index (χ1) is 16.6. The minimum Gasteiger partial charge on any atom is -0.461 e. The number of carbonyl (C=O) groups excluding carboxylic acids is 3. The van der Waals surface area contributed by atoms with Crippen LogP contribution in [0.3, 0.4) is 0 Å². The molecule has 0 spiro atoms. The van der Waals surface area contributed by atoms with Crippen LogP contribution in [-0.4, -0.2) is 23.9 Å². The van der Waals surface area contributed by atoms with Gasteiger partial charge in [-0.25, -0.2) is 4.79 Å². The zero-order valence-electron chi connectivity index (χ0n) is 18.8. The first kappa shape index (κ1) is 24.5. The van der Waals surface area contributed by atoms with Crippen LogP contribution in [0.2, 0.25) is 0 Å². The Morgan fingerprint density at radius 1 is 0.735 bits per heavy atom. The van der Waals surface area contributed by atoms with Gasteiger partial charge in [0.05, 0.1) is 0 Å². The third-order valence-corrected chi connectivity index (χ3v) is 4.93. The highest BCUT2D eigenvalue weighted by Gasteiger charge is 2.23. The molecule has 1 atom stereocenters. The molecule has 0 aliphatic carbocycles. The fraction of sp³-hybridized carbons (Fsp3) is 0.179. The Hall–Kier alpha value is -4.19. The summed E-state index contributed by atoms with van der Waals surface area (Å²) in [6.45, 7) is 0.222. The van der Waals surface area contributed by atoms with Gasteiger partial charge >= 0.3 is 11.9 Å². The fourth-order valence-corrected chi connectivity index (χ4v) is 3.11. The summed E-state index contributed by atoms with van der Waals surface area (Å²) in [4.78, 5) is 37.4. The van der Waals surface area contributed by atoms with Crippen molar-refractivity contribution in [1.29, 1.82) is 0 Å². The zero-order valence-corrected chi connectivity index (χ0v) is 18.8. The van der Waals surface area contributed by atoms with E-state index >= 15 is 0 Å². The van der Waals surface area contributed by atoms with E-state index < -0.39 is 23.9 Å². The molecule has 0 saturated heterocycles. The average molecular weight is 458 g/mol. The van der Waals surface area contributed by atoms with Gasteiger partial charge < -0.3 is 14.8 Å². The Morgan fingerprint density at radius 2 is 1.26 bits per heavy atom. The lowest BCUT2D eigenvalue weighted by Gasteiger charge is -2.17. The van der Waals surface area contributed by atoms with Crippen molar-refractivity contribution in [2.75, 3.05) is 0 Å². The van der Waals surface area contributed by atoms with Crippen LogP contribution >= 0.6 is 0 Å². The number of esters is 2. The van der Waals surface area contributed by atoms with Gasteiger partial charge in [-0.2, -0.15) is 0 Å². The van der Waals surface area contributed by atoms with Crippen LogP contribution in [0, 0.1) is 0 Å². The minimum absolute atomic E-state index is 0.0411. The van der Waals surface area contributed by atoms with E-state index in [1.807, 2.05) is 91.0 Å². The van der Waals surface area contributed by atoms with E-state index in [1.54, 1.807) is 6.08 Å². The zero-order chi connectivity index (χ0) is 24.0. The lowest BCUT2D eigenvalue weighted by Crippen LogP contribution is -2.41. The van der Waals surface area contributed by atoms with Crippen molar-refractivity contribution in [2.24, 2.45) is 0 Å². The van der Waals surface area contributed by atoms with Gasteiger partial charge in [-0.3, -0.25) is 9.59 Å². The molecule has 0 unspecified atom stereocenters. The third kappa shape index (κ3) is 8.74. The van der Waals surface area contributed by atoms with Crippen molar-refractivity contribution in [3.05, 3.63) is 114 Å². The Morgan fingerprint density at radius 3 is 1.85 bits per heavy atom. The van der Waals surface area contributed by atoms with Crippen molar-refractivity contribution >= 4 is 23.9 Å². The molecule has 6 nitrogen and oxygen atoms in total. The van der Waals surface area contributed by atoms with Gasteiger partial charge in [-0.05, 0) is 29.2 Å². The van der Waals surface area contributed by atoms with E-state index in [0.717, 1.165) is 16.7 Å². The quantitative estimate of drug-likeness (QED) is 0.340. The van der Waals surface area contributed by atoms with Crippen LogP contribution in [0.15, 0.2) is 97.1 Å². The molecule has 0 aliphatic rings. The smallest absolute Gasteiger partial charge is 0.328 e. The van der Waals surface area contributed by atoms with Gasteiger partial charge in [0.2, 0.25) is 5.91 Å². The van der Waals surface area contributed by atoms with Gasteiger partial charge in [-0.15, -0.1) is 0 Å². The molecule has 1 amide bonds. The maximum atomic E-state index is 12.7. The molecular weight excluding hydrogens is 430 g/mol. The Kier molecular flexibility index (Phi) is 9.62. The van der Waals surface area contributed by atoms with Crippen molar-refractivity contribution < 1.29 is 23.9 Å². The molecule has 0 radical (unpaired) electrons. The molecular formula is C28H27NO5. The van der Waals surface area contributed by atoms with Crippen LogP contribution in [0.25, 0.3) is 6.08 Å². The van der Waals surface area contributed by atoms with Gasteiger partial charge in [0, 0.05) is 12.5 Å². The number of hydrogen-bond acceptors (Lipinski definition) is 5. The number of carbonyl (C=O) groups is 3. The van der Waals surface area contributed by atoms with Crippen LogP contribution in [0.1, 0.15) is 29.5 Å². The highest BCUT2D eigenvalue weighted by molar-refractivity contribution is 5.94. The summed E-state index contributed by atoms with van der Waals surface area (Å²) in [7, 11) is 0. The summed E-state index contributed by atoms with van der Waals surface area (Å²) >= 11 is 0. The predicted molar refractivity (Wildman–Crippen MR) is 129 cm³/mol. The van der Waals surface area contributed by atoms with Gasteiger partial charge in [0.15, 0.2) is 0 Å². The molecule has 34 heavy (non-hydrogen) atoms. The summed E-state index contributed by atoms with van der Waals surface area (Å²) < 4.78 is 10.7. The normalized spacial score (nSPS) is 11.5. The van der Waals surface area contributed by atoms with Crippen LogP contribution < -0.4 is 5.32 Å². The Balaban J connectivity index is 1.56. The standard InChI is InChI=1S/C28H27NO5/c30-26(18-16-22-10-4-1-5-11-22)29-25(28(32)34-21-24-14-8-3-9-15-24)17-19-27(31)33-20-23-12-6-2-7-13-23/h1-16,18,25H,17,19-21H2,(H,29,30)/b18-16+/t25-/m0/s1. The SMILES string of the molecule is O=C(/C=C/c1ccccc1)N[C@@H](CCC(=O)OCc1ccccc1)C(=O)OCc1ccccc1. The molecule has 0 heterocycles. The second-order valence-corrected chi connectivity index (χ2v) is 7.58. The van der Waals surface area contributed by atoms with E-state index in [0.29, 0.717) is 0 Å². The maximum absolute atomic E-state index is 12.7. The van der Waals surface area contributed by atoms with Crippen molar-refractivity contribution in [1.82, 2.24) is 5.32 Å². The highest BCUT2D eigenvalue weighted by Crippen LogP contribution is 2.08. The topological polar surface area (TPSA) is 81.7 Å². The molecule has 174 valence electrons. The number of ether oxygens (including phenoxy) is 2. The molecule has 0 fully saturated rings. The van der Waals surface area contributed by atoms with Gasteiger partial charge in [0.1, 0.15) is 19.3 Å². The highest BCUT2D eigenvalue weighted by atomic mass is 16.5. The second-order valence-electron chi connectivity index (χ2n) is 7.58. The van der Waals surface area contributed by atoms with E-state index in [9.17, 15) is 14.4 Å². The molecule has 3 aromatic rings. The summed E-state index contributed by atoms with van der Waals surface area (Å²) in [6, 6.07) is 26.9. The summed E-state index contributed by atoms with van der Waals surface area (Å²) in [5.41, 5.74) is 2.55. The molecule has 1 N–H and O–H groups in total. The van der Waals surface area contributed by atoms with Gasteiger partial charge in [0.25, 0.3) is 0 Å². The fourth-order valence-electron chi connectivity index (χ4n) is 3.11. The Bertz CT molecular complexity index is 1080. The van der Waals surface area contributed by atoms with E-state index in [-0.39, 0.29) is 26.1 Å². The number of amides is 1. The molecule has 3 aromatic carbocycles. The lowest BCUT2D eigenvalue weighted by atomic mass is 10.1. The number of rotatable bonds is 11. The average Bonchev–Trinajstić information content (AvgIpc) is 2.89. The number of nitrogens with one attached hydrogen (secondary N) is 1. The first-order valence-corrected chi connectivity index (χ1v) is 11.0. The Labute approximate surface area is 199 Å². The number of hydrogen-bond donors (Lipinski definition) is 1. The van der Waals surface area contributed by atoms with E-state index in [1.165, 1.54) is 6.08 Å². The van der Waals surface area contributed by atoms with Gasteiger partial charge in [-0.1, -0.05) is 91.0 Å².